The minimum Gasteiger partial charge on any atom is -0.480 e. The summed E-state index contributed by atoms with van der Waals surface area (Å²) in [5, 5.41) is 37.2. The third-order valence-corrected chi connectivity index (χ3v) is 10.7. The van der Waals surface area contributed by atoms with Gasteiger partial charge in [0.2, 0.25) is 70.9 Å². The fraction of sp³-hybridized carbons (Fsp3) is 0.472. The Morgan fingerprint density at radius 3 is 1.20 bits per heavy atom. The first-order valence-corrected chi connectivity index (χ1v) is 21.5. The summed E-state index contributed by atoms with van der Waals surface area (Å²) in [6, 6.07) is 0.935. The van der Waals surface area contributed by atoms with Crippen LogP contribution in [0.3, 0.4) is 0 Å². The third kappa shape index (κ3) is 21.3. The smallest absolute Gasteiger partial charge is 0.327 e. The monoisotopic (exact) mass is 951 g/mol. The zero-order chi connectivity index (χ0) is 47.9. The molecule has 2 aliphatic heterocycles. The summed E-state index contributed by atoms with van der Waals surface area (Å²) in [4.78, 5) is 163. The van der Waals surface area contributed by atoms with Crippen LogP contribution >= 0.6 is 23.5 Å². The molecule has 1 aromatic rings. The minimum absolute atomic E-state index is 0.0237. The minimum atomic E-state index is -1.48. The van der Waals surface area contributed by atoms with Gasteiger partial charge in [-0.15, -0.1) is 23.5 Å². The summed E-state index contributed by atoms with van der Waals surface area (Å²) in [6.45, 7) is -6.10. The molecule has 4 bridgehead atoms. The molecule has 3 atom stereocenters. The number of hydrogen-bond acceptors (Lipinski definition) is 16. The molecule has 12 amide bonds. The molecule has 0 fully saturated rings. The first kappa shape index (κ1) is 52.3. The van der Waals surface area contributed by atoms with E-state index in [0.717, 1.165) is 23.5 Å². The molecule has 1 aromatic carbocycles. The van der Waals surface area contributed by atoms with Gasteiger partial charge >= 0.3 is 5.97 Å². The van der Waals surface area contributed by atoms with Crippen molar-refractivity contribution in [2.24, 2.45) is 5.73 Å². The number of carbonyl (C=O) groups excluding carboxylic acids is 12. The molecule has 27 nitrogen and oxygen atoms in total. The van der Waals surface area contributed by atoms with Crippen molar-refractivity contribution >= 4 is 100 Å². The molecule has 2 aliphatic rings. The van der Waals surface area contributed by atoms with E-state index >= 15 is 0 Å². The maximum atomic E-state index is 13.5. The zero-order valence-corrected chi connectivity index (χ0v) is 36.1. The number of aliphatic carboxylic acids is 1. The molecule has 0 radical (unpaired) electrons. The predicted octanol–water partition coefficient (Wildman–Crippen LogP) is -8.63. The number of carboxylic acids is 1. The van der Waals surface area contributed by atoms with Crippen LogP contribution in [0.25, 0.3) is 0 Å². The number of nitrogens with one attached hydrogen (secondary N) is 12. The van der Waals surface area contributed by atoms with Gasteiger partial charge < -0.3 is 74.6 Å². The lowest BCUT2D eigenvalue weighted by Gasteiger charge is -2.19. The number of rotatable bonds is 1. The average Bonchev–Trinajstić information content (AvgIpc) is 3.27. The number of fused-ring (bicyclic) bond motifs is 4. The van der Waals surface area contributed by atoms with E-state index in [1.807, 2.05) is 0 Å². The van der Waals surface area contributed by atoms with Crippen LogP contribution in [0.1, 0.15) is 12.0 Å². The van der Waals surface area contributed by atoms with Crippen LogP contribution in [0.4, 0.5) is 0 Å². The molecule has 2 heterocycles. The van der Waals surface area contributed by atoms with Crippen molar-refractivity contribution in [3.05, 3.63) is 23.8 Å². The van der Waals surface area contributed by atoms with Gasteiger partial charge in [-0.3, -0.25) is 57.5 Å². The van der Waals surface area contributed by atoms with Crippen LogP contribution in [0.2, 0.25) is 0 Å². The van der Waals surface area contributed by atoms with E-state index in [1.165, 1.54) is 0 Å². The SMILES string of the molecule is N[C@H]1CCc2cc3cc(c2)SC[C@H](NC(=O)CNC(=O)CNC(=O)CNC(=O)CNC(=O)CNC1=O)C(=O)NCC(=O)NCC(=O)NCC(=O)NCC(=O)NCC(=O)N[C@H](C(=O)O)CS3. The molecule has 65 heavy (non-hydrogen) atoms. The van der Waals surface area contributed by atoms with Gasteiger partial charge in [-0.25, -0.2) is 4.79 Å². The van der Waals surface area contributed by atoms with Crippen molar-refractivity contribution in [1.29, 1.82) is 0 Å². The average molecular weight is 952 g/mol. The molecule has 0 aliphatic carbocycles. The number of nitrogens with two attached hydrogens (primary N) is 1. The summed E-state index contributed by atoms with van der Waals surface area (Å²) < 4.78 is 0. The van der Waals surface area contributed by atoms with E-state index in [9.17, 15) is 67.4 Å². The van der Waals surface area contributed by atoms with Crippen molar-refractivity contribution in [3.8, 4) is 0 Å². The molecule has 0 aromatic heterocycles. The number of amides is 12. The summed E-state index contributed by atoms with van der Waals surface area (Å²) in [7, 11) is 0. The van der Waals surface area contributed by atoms with Crippen LogP contribution in [0.15, 0.2) is 28.0 Å². The second kappa shape index (κ2) is 27.2. The molecule has 29 heteroatoms. The molecule has 0 saturated carbocycles. The van der Waals surface area contributed by atoms with Gasteiger partial charge in [0.25, 0.3) is 0 Å². The Labute approximate surface area is 377 Å². The van der Waals surface area contributed by atoms with E-state index in [-0.39, 0.29) is 24.3 Å². The van der Waals surface area contributed by atoms with Crippen LogP contribution < -0.4 is 69.5 Å². The maximum absolute atomic E-state index is 13.5. The van der Waals surface area contributed by atoms with Crippen molar-refractivity contribution in [2.45, 2.75) is 40.8 Å². The van der Waals surface area contributed by atoms with Crippen molar-refractivity contribution in [1.82, 2.24) is 63.8 Å². The lowest BCUT2D eigenvalue weighted by Crippen LogP contribution is -2.53. The maximum Gasteiger partial charge on any atom is 0.327 e. The number of benzene rings is 1. The Bertz CT molecular complexity index is 2020. The molecular formula is C36H49N13O14S2. The highest BCUT2D eigenvalue weighted by Gasteiger charge is 2.25. The lowest BCUT2D eigenvalue weighted by molar-refractivity contribution is -0.141. The molecule has 0 saturated heterocycles. The Hall–Kier alpha value is -7.01. The summed E-state index contributed by atoms with van der Waals surface area (Å²) in [5.74, 6) is -11.6. The van der Waals surface area contributed by atoms with Crippen LogP contribution in [0, 0.1) is 0 Å². The quantitative estimate of drug-likeness (QED) is 0.124. The van der Waals surface area contributed by atoms with Gasteiger partial charge in [-0.1, -0.05) is 0 Å². The molecular weight excluding hydrogens is 903 g/mol. The molecule has 0 unspecified atom stereocenters. The summed E-state index contributed by atoms with van der Waals surface area (Å²) in [6.07, 6.45) is 0.166. The largest absolute Gasteiger partial charge is 0.480 e. The van der Waals surface area contributed by atoms with Crippen molar-refractivity contribution in [2.75, 3.05) is 77.0 Å². The summed E-state index contributed by atoms with van der Waals surface area (Å²) >= 11 is 2.03. The van der Waals surface area contributed by atoms with Gasteiger partial charge in [-0.05, 0) is 36.6 Å². The zero-order valence-electron chi connectivity index (χ0n) is 34.5. The number of carbonyl (C=O) groups is 13. The van der Waals surface area contributed by atoms with E-state index in [2.05, 4.69) is 63.8 Å². The number of carboxylic acid groups (broad SMARTS) is 1. The Morgan fingerprint density at radius 2 is 0.800 bits per heavy atom. The molecule has 0 spiro atoms. The summed E-state index contributed by atoms with van der Waals surface area (Å²) in [5.41, 5.74) is 6.68. The molecule has 3 rings (SSSR count). The van der Waals surface area contributed by atoms with Crippen molar-refractivity contribution < 1.29 is 67.4 Å². The first-order valence-electron chi connectivity index (χ1n) is 19.5. The van der Waals surface area contributed by atoms with Gasteiger partial charge in [-0.2, -0.15) is 0 Å². The van der Waals surface area contributed by atoms with E-state index in [4.69, 9.17) is 5.73 Å². The highest BCUT2D eigenvalue weighted by molar-refractivity contribution is 8.00. The topological polar surface area (TPSA) is 413 Å². The predicted molar refractivity (Wildman–Crippen MR) is 226 cm³/mol. The van der Waals surface area contributed by atoms with Gasteiger partial charge in [0.1, 0.15) is 12.1 Å². The second-order valence-corrected chi connectivity index (χ2v) is 16.0. The van der Waals surface area contributed by atoms with Crippen LogP contribution in [0.5, 0.6) is 0 Å². The standard InChI is InChI=1S/C36H49N13O14S2/c37-21-2-1-18-3-19-5-20(4-18)65-17-23(36(62)63)49-33(59)15-45-29(55)11-41-25(51)7-39-27(53)9-43-31(57)13-47-35(61)22(16-64-19)48-32(58)14-44-28(54)10-40-24(50)6-38-26(52)8-42-30(56)12-46-34(21)60/h3-5,21-23H,1-2,6-17,37H2,(H,38,52)(H,39,53)(H,40,50)(H,41,51)(H,42,56)(H,43,57)(H,44,54)(H,45,55)(H,46,60)(H,47,61)(H,48,58)(H,49,59)(H,62,63)/t21-,22-,23-/m0/s1. The fourth-order valence-electron chi connectivity index (χ4n) is 5.12. The third-order valence-electron chi connectivity index (χ3n) is 8.55. The van der Waals surface area contributed by atoms with Gasteiger partial charge in [0, 0.05) is 21.3 Å². The number of aryl methyl sites for hydroxylation is 1. The fourth-order valence-corrected chi connectivity index (χ4v) is 7.27. The number of thioether (sulfide) groups is 2. The molecule has 354 valence electrons. The van der Waals surface area contributed by atoms with Crippen LogP contribution in [-0.4, -0.2) is 177 Å². The van der Waals surface area contributed by atoms with Crippen molar-refractivity contribution in [3.63, 3.8) is 0 Å². The van der Waals surface area contributed by atoms with Crippen LogP contribution in [-0.2, 0) is 68.7 Å². The highest BCUT2D eigenvalue weighted by Crippen LogP contribution is 2.29. The van der Waals surface area contributed by atoms with Gasteiger partial charge in [0.15, 0.2) is 0 Å². The van der Waals surface area contributed by atoms with E-state index in [1.54, 1.807) is 18.2 Å². The second-order valence-electron chi connectivity index (χ2n) is 13.8. The Morgan fingerprint density at radius 1 is 0.462 bits per heavy atom. The Kier molecular flexibility index (Phi) is 21.9. The number of hydrogen-bond donors (Lipinski definition) is 14. The highest BCUT2D eigenvalue weighted by atomic mass is 32.2. The molecule has 15 N–H and O–H groups in total. The van der Waals surface area contributed by atoms with E-state index in [0.29, 0.717) is 15.4 Å². The van der Waals surface area contributed by atoms with E-state index < -0.39 is 160 Å². The first-order chi connectivity index (χ1) is 30.9. The Balaban J connectivity index is 1.94. The normalized spacial score (nSPS) is 22.4. The van der Waals surface area contributed by atoms with Gasteiger partial charge in [0.05, 0.1) is 71.5 Å². The lowest BCUT2D eigenvalue weighted by atomic mass is 10.1.